The molecule has 1 amide bonds. The van der Waals surface area contributed by atoms with Gasteiger partial charge < -0.3 is 11.1 Å². The van der Waals surface area contributed by atoms with Crippen molar-refractivity contribution in [3.05, 3.63) is 29.8 Å². The second-order valence-electron chi connectivity index (χ2n) is 3.61. The molecule has 0 aliphatic carbocycles. The molecule has 0 aliphatic rings. The number of nitrogen functional groups attached to an aromatic ring is 1. The third-order valence-corrected chi connectivity index (χ3v) is 2.49. The molecule has 1 rings (SSSR count). The number of nitrogens with one attached hydrogen (secondary N) is 1. The maximum absolute atomic E-state index is 11.7. The van der Waals surface area contributed by atoms with Gasteiger partial charge in [0.05, 0.1) is 0 Å². The zero-order valence-corrected chi connectivity index (χ0v) is 9.29. The van der Waals surface area contributed by atoms with Crippen LogP contribution in [0.3, 0.4) is 0 Å². The zero-order valence-electron chi connectivity index (χ0n) is 9.29. The van der Waals surface area contributed by atoms with Gasteiger partial charge in [0, 0.05) is 17.3 Å². The minimum atomic E-state index is -0.0244. The van der Waals surface area contributed by atoms with E-state index in [-0.39, 0.29) is 11.9 Å². The molecule has 0 radical (unpaired) electrons. The molecule has 0 saturated heterocycles. The highest BCUT2D eigenvalue weighted by molar-refractivity contribution is 5.94. The quantitative estimate of drug-likeness (QED) is 0.742. The van der Waals surface area contributed by atoms with Gasteiger partial charge in [0.2, 0.25) is 0 Å². The first-order valence-corrected chi connectivity index (χ1v) is 5.33. The summed E-state index contributed by atoms with van der Waals surface area (Å²) in [5.41, 5.74) is 6.89. The third-order valence-electron chi connectivity index (χ3n) is 2.49. The standard InChI is InChI=1S/C12H18N2O/c1-3-11(4-2)14-12(15)9-5-7-10(13)8-6-9/h5-8,11H,3-4,13H2,1-2H3,(H,14,15). The van der Waals surface area contributed by atoms with Gasteiger partial charge in [-0.15, -0.1) is 0 Å². The van der Waals surface area contributed by atoms with Crippen LogP contribution < -0.4 is 11.1 Å². The molecular formula is C12H18N2O. The van der Waals surface area contributed by atoms with E-state index in [1.54, 1.807) is 24.3 Å². The van der Waals surface area contributed by atoms with E-state index in [2.05, 4.69) is 19.2 Å². The van der Waals surface area contributed by atoms with Crippen molar-refractivity contribution < 1.29 is 4.79 Å². The fraction of sp³-hybridized carbons (Fsp3) is 0.417. The van der Waals surface area contributed by atoms with Gasteiger partial charge in [-0.2, -0.15) is 0 Å². The Kier molecular flexibility index (Phi) is 4.16. The number of rotatable bonds is 4. The highest BCUT2D eigenvalue weighted by atomic mass is 16.1. The van der Waals surface area contributed by atoms with Crippen LogP contribution in [0.15, 0.2) is 24.3 Å². The lowest BCUT2D eigenvalue weighted by molar-refractivity contribution is 0.0935. The molecule has 0 saturated carbocycles. The van der Waals surface area contributed by atoms with E-state index >= 15 is 0 Å². The zero-order chi connectivity index (χ0) is 11.3. The third kappa shape index (κ3) is 3.27. The fourth-order valence-corrected chi connectivity index (χ4v) is 1.40. The molecule has 82 valence electrons. The molecular weight excluding hydrogens is 188 g/mol. The molecule has 0 bridgehead atoms. The van der Waals surface area contributed by atoms with Gasteiger partial charge in [-0.05, 0) is 37.1 Å². The van der Waals surface area contributed by atoms with E-state index in [0.717, 1.165) is 12.8 Å². The average Bonchev–Trinajstić information content (AvgIpc) is 2.26. The lowest BCUT2D eigenvalue weighted by atomic mass is 10.1. The van der Waals surface area contributed by atoms with Crippen LogP contribution >= 0.6 is 0 Å². The Hall–Kier alpha value is -1.51. The van der Waals surface area contributed by atoms with Gasteiger partial charge in [0.1, 0.15) is 0 Å². The minimum Gasteiger partial charge on any atom is -0.399 e. The molecule has 3 heteroatoms. The number of carbonyl (C=O) groups is 1. The molecule has 1 aromatic rings. The van der Waals surface area contributed by atoms with Crippen LogP contribution in [-0.4, -0.2) is 11.9 Å². The summed E-state index contributed by atoms with van der Waals surface area (Å²) >= 11 is 0. The van der Waals surface area contributed by atoms with Crippen LogP contribution in [0, 0.1) is 0 Å². The van der Waals surface area contributed by atoms with Crippen molar-refractivity contribution in [1.29, 1.82) is 0 Å². The van der Waals surface area contributed by atoms with Crippen LogP contribution in [0.25, 0.3) is 0 Å². The molecule has 0 aliphatic heterocycles. The summed E-state index contributed by atoms with van der Waals surface area (Å²) < 4.78 is 0. The van der Waals surface area contributed by atoms with Crippen molar-refractivity contribution in [2.24, 2.45) is 0 Å². The first kappa shape index (κ1) is 11.6. The predicted molar refractivity (Wildman–Crippen MR) is 62.7 cm³/mol. The fourth-order valence-electron chi connectivity index (χ4n) is 1.40. The van der Waals surface area contributed by atoms with E-state index in [0.29, 0.717) is 11.3 Å². The maximum Gasteiger partial charge on any atom is 0.251 e. The van der Waals surface area contributed by atoms with Crippen LogP contribution in [0.4, 0.5) is 5.69 Å². The first-order chi connectivity index (χ1) is 7.17. The van der Waals surface area contributed by atoms with Crippen LogP contribution in [0.2, 0.25) is 0 Å². The first-order valence-electron chi connectivity index (χ1n) is 5.33. The molecule has 0 aromatic heterocycles. The van der Waals surface area contributed by atoms with E-state index in [4.69, 9.17) is 5.73 Å². The SMILES string of the molecule is CCC(CC)NC(=O)c1ccc(N)cc1. The summed E-state index contributed by atoms with van der Waals surface area (Å²) in [4.78, 5) is 11.7. The molecule has 0 heterocycles. The number of anilines is 1. The Bertz CT molecular complexity index is 315. The summed E-state index contributed by atoms with van der Waals surface area (Å²) in [6, 6.07) is 7.22. The summed E-state index contributed by atoms with van der Waals surface area (Å²) in [5, 5.41) is 2.97. The predicted octanol–water partition coefficient (Wildman–Crippen LogP) is 2.19. The highest BCUT2D eigenvalue weighted by Gasteiger charge is 2.09. The summed E-state index contributed by atoms with van der Waals surface area (Å²) in [7, 11) is 0. The van der Waals surface area contributed by atoms with Gasteiger partial charge in [0.25, 0.3) is 5.91 Å². The Labute approximate surface area is 90.7 Å². The Balaban J connectivity index is 2.64. The van der Waals surface area contributed by atoms with E-state index in [9.17, 15) is 4.79 Å². The minimum absolute atomic E-state index is 0.0244. The van der Waals surface area contributed by atoms with E-state index < -0.39 is 0 Å². The molecule has 0 fully saturated rings. The van der Waals surface area contributed by atoms with Crippen molar-refractivity contribution in [2.75, 3.05) is 5.73 Å². The van der Waals surface area contributed by atoms with Crippen molar-refractivity contribution >= 4 is 11.6 Å². The van der Waals surface area contributed by atoms with Crippen molar-refractivity contribution in [3.8, 4) is 0 Å². The second-order valence-corrected chi connectivity index (χ2v) is 3.61. The van der Waals surface area contributed by atoms with Crippen LogP contribution in [0.5, 0.6) is 0 Å². The summed E-state index contributed by atoms with van der Waals surface area (Å²) in [5.74, 6) is -0.0244. The van der Waals surface area contributed by atoms with E-state index in [1.165, 1.54) is 0 Å². The van der Waals surface area contributed by atoms with Gasteiger partial charge in [-0.1, -0.05) is 13.8 Å². The van der Waals surface area contributed by atoms with Crippen molar-refractivity contribution in [1.82, 2.24) is 5.32 Å². The summed E-state index contributed by atoms with van der Waals surface area (Å²) in [6.45, 7) is 4.13. The number of amides is 1. The Morgan fingerprint density at radius 3 is 2.27 bits per heavy atom. The van der Waals surface area contributed by atoms with E-state index in [1.807, 2.05) is 0 Å². The van der Waals surface area contributed by atoms with Gasteiger partial charge >= 0.3 is 0 Å². The molecule has 0 spiro atoms. The maximum atomic E-state index is 11.7. The number of carbonyl (C=O) groups excluding carboxylic acids is 1. The Morgan fingerprint density at radius 1 is 1.27 bits per heavy atom. The lowest BCUT2D eigenvalue weighted by Gasteiger charge is -2.14. The van der Waals surface area contributed by atoms with Crippen molar-refractivity contribution in [2.45, 2.75) is 32.7 Å². The summed E-state index contributed by atoms with van der Waals surface area (Å²) in [6.07, 6.45) is 1.91. The number of nitrogens with two attached hydrogens (primary N) is 1. The number of benzene rings is 1. The molecule has 3 N–H and O–H groups in total. The smallest absolute Gasteiger partial charge is 0.251 e. The topological polar surface area (TPSA) is 55.1 Å². The van der Waals surface area contributed by atoms with Crippen LogP contribution in [0.1, 0.15) is 37.0 Å². The van der Waals surface area contributed by atoms with Crippen molar-refractivity contribution in [3.63, 3.8) is 0 Å². The lowest BCUT2D eigenvalue weighted by Crippen LogP contribution is -2.33. The largest absolute Gasteiger partial charge is 0.399 e. The normalized spacial score (nSPS) is 10.3. The van der Waals surface area contributed by atoms with Gasteiger partial charge in [-0.3, -0.25) is 4.79 Å². The molecule has 1 aromatic carbocycles. The van der Waals surface area contributed by atoms with Gasteiger partial charge in [0.15, 0.2) is 0 Å². The average molecular weight is 206 g/mol. The van der Waals surface area contributed by atoms with Crippen LogP contribution in [-0.2, 0) is 0 Å². The number of hydrogen-bond donors (Lipinski definition) is 2. The Morgan fingerprint density at radius 2 is 1.80 bits per heavy atom. The molecule has 15 heavy (non-hydrogen) atoms. The molecule has 0 unspecified atom stereocenters. The molecule has 0 atom stereocenters. The molecule has 3 nitrogen and oxygen atoms in total. The number of hydrogen-bond acceptors (Lipinski definition) is 2. The van der Waals surface area contributed by atoms with Gasteiger partial charge in [-0.25, -0.2) is 0 Å². The highest BCUT2D eigenvalue weighted by Crippen LogP contribution is 2.06. The second kappa shape index (κ2) is 5.39. The monoisotopic (exact) mass is 206 g/mol.